The first-order valence-corrected chi connectivity index (χ1v) is 32.6. The summed E-state index contributed by atoms with van der Waals surface area (Å²) in [5.74, 6) is -0.980. The summed E-state index contributed by atoms with van der Waals surface area (Å²) in [4.78, 5) is 128. The number of likely N-dealkylation sites (tertiary alicyclic amines) is 1. The summed E-state index contributed by atoms with van der Waals surface area (Å²) in [5.41, 5.74) is -8.51. The van der Waals surface area contributed by atoms with Crippen molar-refractivity contribution in [2.45, 2.75) is 294 Å². The zero-order valence-corrected chi connectivity index (χ0v) is 58.9. The summed E-state index contributed by atoms with van der Waals surface area (Å²) < 4.78 is 75.0. The van der Waals surface area contributed by atoms with Crippen LogP contribution in [0.25, 0.3) is 0 Å². The maximum atomic E-state index is 14.7. The van der Waals surface area contributed by atoms with Gasteiger partial charge in [-0.3, -0.25) is 24.0 Å². The van der Waals surface area contributed by atoms with Crippen LogP contribution >= 0.6 is 0 Å². The predicted octanol–water partition coefficient (Wildman–Crippen LogP) is 3.00. The zero-order chi connectivity index (χ0) is 73.0. The molecule has 1 aliphatic carbocycles. The number of carbonyl (C=O) groups excluding carboxylic acids is 7. The lowest BCUT2D eigenvalue weighted by Gasteiger charge is -2.50. The van der Waals surface area contributed by atoms with Crippen molar-refractivity contribution >= 4 is 42.5 Å². The second-order valence-electron chi connectivity index (χ2n) is 31.2. The van der Waals surface area contributed by atoms with Crippen molar-refractivity contribution in [2.75, 3.05) is 13.1 Å². The lowest BCUT2D eigenvalue weighted by atomic mass is 9.83. The van der Waals surface area contributed by atoms with Gasteiger partial charge in [0.1, 0.15) is 107 Å². The number of hydrogen-bond acceptors (Lipinski definition) is 25. The lowest BCUT2D eigenvalue weighted by Crippen LogP contribution is -2.70. The van der Waals surface area contributed by atoms with E-state index in [2.05, 4.69) is 21.3 Å². The van der Waals surface area contributed by atoms with Crippen LogP contribution < -0.4 is 32.5 Å². The van der Waals surface area contributed by atoms with Crippen molar-refractivity contribution < 1.29 is 111 Å². The lowest BCUT2D eigenvalue weighted by molar-refractivity contribution is -0.311. The molecule has 6 fully saturated rings. The summed E-state index contributed by atoms with van der Waals surface area (Å²) >= 11 is 0. The summed E-state index contributed by atoms with van der Waals surface area (Å²) in [6, 6.07) is 0.0693. The number of amides is 6. The highest BCUT2D eigenvalue weighted by molar-refractivity contribution is 5.95. The molecule has 6 amide bonds. The number of aliphatic hydroxyl groups is 4. The number of ether oxygens (including phenoxy) is 12. The van der Waals surface area contributed by atoms with Crippen molar-refractivity contribution in [1.29, 1.82) is 0 Å². The number of fused-ring (bicyclic) bond motifs is 3. The Morgan fingerprint density at radius 1 is 0.520 bits per heavy atom. The van der Waals surface area contributed by atoms with E-state index in [1.807, 2.05) is 0 Å². The maximum absolute atomic E-state index is 14.7. The van der Waals surface area contributed by atoms with E-state index in [4.69, 9.17) is 56.8 Å². The molecule has 0 radical (unpaired) electrons. The van der Waals surface area contributed by atoms with Crippen molar-refractivity contribution in [2.24, 2.45) is 0 Å². The topological polar surface area (TPSA) is 410 Å². The van der Waals surface area contributed by atoms with Gasteiger partial charge in [0.25, 0.3) is 11.5 Å². The fraction of sp³-hybridized carbons (Fsp3) is 0.738. The molecule has 6 aliphatic rings. The molecular weight excluding hydrogens is 1290 g/mol. The number of aromatic nitrogens is 2. The van der Waals surface area contributed by atoms with Gasteiger partial charge in [-0.15, -0.1) is 0 Å². The average molecular weight is 1390 g/mol. The number of rotatable bonds is 14. The van der Waals surface area contributed by atoms with E-state index in [-0.39, 0.29) is 17.7 Å². The minimum absolute atomic E-state index is 0.0143. The van der Waals surface area contributed by atoms with Gasteiger partial charge in [0.15, 0.2) is 18.9 Å². The molecule has 0 bridgehead atoms. The predicted molar refractivity (Wildman–Crippen MR) is 341 cm³/mol. The minimum atomic E-state index is -2.07. The van der Waals surface area contributed by atoms with Crippen LogP contribution in [0.1, 0.15) is 147 Å². The van der Waals surface area contributed by atoms with E-state index in [0.717, 1.165) is 10.8 Å². The van der Waals surface area contributed by atoms with Crippen LogP contribution in [0.3, 0.4) is 0 Å². The first kappa shape index (κ1) is 76.5. The minimum Gasteiger partial charge on any atom is -0.444 e. The van der Waals surface area contributed by atoms with E-state index in [1.54, 1.807) is 131 Å². The number of aliphatic hydroxyl groups excluding tert-OH is 4. The smallest absolute Gasteiger partial charge is 0.411 e. The van der Waals surface area contributed by atoms with E-state index in [0.29, 0.717) is 4.57 Å². The monoisotopic (exact) mass is 1390 g/mol. The Kier molecular flexibility index (Phi) is 22.5. The Hall–Kier alpha value is -7.21. The van der Waals surface area contributed by atoms with Gasteiger partial charge in [0.05, 0.1) is 37.3 Å². The number of carbonyl (C=O) groups is 7. The van der Waals surface area contributed by atoms with Gasteiger partial charge in [0, 0.05) is 23.9 Å². The fourth-order valence-electron chi connectivity index (χ4n) is 12.0. The molecule has 33 heteroatoms. The summed E-state index contributed by atoms with van der Waals surface area (Å²) in [7, 11) is 0. The number of aryl methyl sites for hydroxylation is 1. The van der Waals surface area contributed by atoms with Crippen molar-refractivity contribution in [3.8, 4) is 0 Å². The number of alkyl carbamates (subject to hydrolysis) is 4. The Balaban J connectivity index is 1.24. The standard InChI is InChI=1S/C65H98N8O25/c1-30-27-70(57(84)73(48(30)78)49(79)31-23-21-20-22-24-31)28-36-46(91-51-40-39(72(40)59(86)98-65(17,18)19)38-35(88-51)29-71(38)58(85)97-64(14,15)16)44(77)52(89-36)92-47-41(74)32(67-54(81)94-61(5,6)7)25-33(68-55(82)95-62(8,9)10)45(47)90-50-37(69-56(83)96-63(11,12)13)43(76)42(75)34(87-50)26-66-53(80)93-60(2,3)4/h20-24,27,32-47,50-52,74-77H,25-26,28-29H2,1-19H3,(H,66,80)(H,67,81)(H,68,82)(H,69,83)/t32-,33+,34-,35+,36-,37-,38-,39-,40-,41+,42-,43-,44-,45-,46-,47-,50-,51-,52+,72?/m1/s1. The van der Waals surface area contributed by atoms with Gasteiger partial charge >= 0.3 is 42.2 Å². The average Bonchev–Trinajstić information content (AvgIpc) is 1.53. The second kappa shape index (κ2) is 28.8. The van der Waals surface area contributed by atoms with Crippen LogP contribution in [0.2, 0.25) is 0 Å². The van der Waals surface area contributed by atoms with Gasteiger partial charge in [-0.25, -0.2) is 33.6 Å². The molecule has 5 aliphatic heterocycles. The number of nitrogens with zero attached hydrogens (tertiary/aromatic N) is 4. The zero-order valence-electron chi connectivity index (χ0n) is 58.9. The van der Waals surface area contributed by atoms with Crippen molar-refractivity contribution in [1.82, 2.24) is 40.2 Å². The normalized spacial score (nSPS) is 31.0. The highest BCUT2D eigenvalue weighted by Gasteiger charge is 2.72. The van der Waals surface area contributed by atoms with Gasteiger partial charge in [0.2, 0.25) is 0 Å². The van der Waals surface area contributed by atoms with Crippen LogP contribution in [0.5, 0.6) is 0 Å². The molecule has 2 aromatic rings. The molecule has 19 atom stereocenters. The van der Waals surface area contributed by atoms with Gasteiger partial charge in [-0.2, -0.15) is 4.57 Å². The Morgan fingerprint density at radius 3 is 1.58 bits per heavy atom. The van der Waals surface area contributed by atoms with E-state index in [1.165, 1.54) is 41.0 Å². The first-order valence-electron chi connectivity index (χ1n) is 32.6. The molecule has 0 spiro atoms. The first-order chi connectivity index (χ1) is 45.1. The number of nitrogens with one attached hydrogen (secondary N) is 4. The van der Waals surface area contributed by atoms with Crippen LogP contribution in [-0.2, 0) is 63.4 Å². The largest absolute Gasteiger partial charge is 0.444 e. The summed E-state index contributed by atoms with van der Waals surface area (Å²) in [6.45, 7) is 29.1. The summed E-state index contributed by atoms with van der Waals surface area (Å²) in [6.07, 6.45) is -28.2. The molecule has 98 heavy (non-hydrogen) atoms. The molecule has 1 aromatic heterocycles. The Labute approximate surface area is 567 Å². The molecule has 0 unspecified atom stereocenters. The second-order valence-corrected chi connectivity index (χ2v) is 31.2. The van der Waals surface area contributed by atoms with E-state index in [9.17, 15) is 63.6 Å². The van der Waals surface area contributed by atoms with Crippen molar-refractivity contribution in [3.63, 3.8) is 0 Å². The third-order valence-electron chi connectivity index (χ3n) is 15.9. The Bertz CT molecular complexity index is 3360. The van der Waals surface area contributed by atoms with Gasteiger partial charge in [-0.1, -0.05) is 18.2 Å². The molecule has 33 nitrogen and oxygen atoms in total. The molecule has 1 saturated carbocycles. The quantitative estimate of drug-likeness (QED) is 0.0995. The van der Waals surface area contributed by atoms with E-state index >= 15 is 0 Å². The fourth-order valence-corrected chi connectivity index (χ4v) is 12.0. The summed E-state index contributed by atoms with van der Waals surface area (Å²) in [5, 5.41) is 59.8. The maximum Gasteiger partial charge on any atom is 0.411 e. The SMILES string of the molecule is Cc1cn(C[C@H]2O[C@@H](O[C@@H]3[C@@H](O)[C@H](NC(=O)OC(C)(C)C)C[C@H](NC(=O)OC(C)(C)C)[C@H]3O[C@H]3O[C@H](CNC(=O)OC(C)(C)C)[C@@H](O)[C@H](O)[C@H]3NC(=O)OC(C)(C)C)[C@H](O)[C@@H]2O[C@H]2O[C@H]3CN(C(=O)OC(C)(C)C)[C@H]3[C@@H]3[C@H]2N3C(=O)OC(C)(C)C)c(=O)n(C(=O)c2ccccc2)c1=O. The number of benzene rings is 1. The highest BCUT2D eigenvalue weighted by atomic mass is 16.8. The van der Waals surface area contributed by atoms with Crippen LogP contribution in [0.4, 0.5) is 28.8 Å². The third-order valence-corrected chi connectivity index (χ3v) is 15.9. The molecule has 8 rings (SSSR count). The molecule has 5 saturated heterocycles. The van der Waals surface area contributed by atoms with Crippen LogP contribution in [0, 0.1) is 6.92 Å². The highest BCUT2D eigenvalue weighted by Crippen LogP contribution is 2.50. The van der Waals surface area contributed by atoms with Gasteiger partial charge in [-0.05, 0) is 150 Å². The van der Waals surface area contributed by atoms with Crippen LogP contribution in [0.15, 0.2) is 46.1 Å². The number of hydrogen-bond donors (Lipinski definition) is 8. The molecule has 1 aromatic carbocycles. The molecular formula is C65H98N8O25. The molecule has 6 heterocycles. The van der Waals surface area contributed by atoms with Gasteiger partial charge < -0.3 is 98.5 Å². The van der Waals surface area contributed by atoms with E-state index < -0.39 is 223 Å². The molecule has 8 N–H and O–H groups in total. The third kappa shape index (κ3) is 19.0. The Morgan fingerprint density at radius 2 is 1.02 bits per heavy atom. The molecule has 548 valence electrons. The van der Waals surface area contributed by atoms with Crippen LogP contribution in [-0.4, -0.2) is 245 Å². The van der Waals surface area contributed by atoms with Crippen molar-refractivity contribution in [3.05, 3.63) is 68.5 Å².